The SMILES string of the molecule is O=C(COC(=O)COc1ccc(F)cc1Br)Nc1ccccc1OC(F)F. The van der Waals surface area contributed by atoms with E-state index in [-0.39, 0.29) is 17.2 Å². The van der Waals surface area contributed by atoms with Crippen molar-refractivity contribution in [1.82, 2.24) is 0 Å². The van der Waals surface area contributed by atoms with Gasteiger partial charge < -0.3 is 19.5 Å². The molecule has 0 unspecified atom stereocenters. The van der Waals surface area contributed by atoms with Gasteiger partial charge in [0, 0.05) is 0 Å². The lowest BCUT2D eigenvalue weighted by atomic mass is 10.3. The lowest BCUT2D eigenvalue weighted by Crippen LogP contribution is -2.24. The number of hydrogen-bond donors (Lipinski definition) is 1. The Labute approximate surface area is 160 Å². The Morgan fingerprint density at radius 1 is 1.07 bits per heavy atom. The molecule has 1 amide bonds. The number of rotatable bonds is 8. The van der Waals surface area contributed by atoms with E-state index in [4.69, 9.17) is 9.47 Å². The molecule has 0 radical (unpaired) electrons. The number of hydrogen-bond acceptors (Lipinski definition) is 5. The summed E-state index contributed by atoms with van der Waals surface area (Å²) in [5.74, 6) is -2.09. The Balaban J connectivity index is 1.81. The van der Waals surface area contributed by atoms with E-state index in [0.717, 1.165) is 12.1 Å². The van der Waals surface area contributed by atoms with Crippen molar-refractivity contribution in [3.05, 3.63) is 52.8 Å². The third-order valence-electron chi connectivity index (χ3n) is 2.98. The topological polar surface area (TPSA) is 73.9 Å². The van der Waals surface area contributed by atoms with Crippen molar-refractivity contribution in [1.29, 1.82) is 0 Å². The van der Waals surface area contributed by atoms with E-state index in [1.165, 1.54) is 30.3 Å². The van der Waals surface area contributed by atoms with E-state index in [9.17, 15) is 22.8 Å². The predicted octanol–water partition coefficient (Wildman–Crippen LogP) is 3.75. The highest BCUT2D eigenvalue weighted by molar-refractivity contribution is 9.10. The van der Waals surface area contributed by atoms with Crippen LogP contribution < -0.4 is 14.8 Å². The minimum absolute atomic E-state index is 0.00495. The molecule has 144 valence electrons. The van der Waals surface area contributed by atoms with Crippen LogP contribution in [0, 0.1) is 5.82 Å². The van der Waals surface area contributed by atoms with Gasteiger partial charge in [-0.3, -0.25) is 4.79 Å². The minimum atomic E-state index is -3.05. The standard InChI is InChI=1S/C17H13BrF3NO5/c18-11-7-10(19)5-6-13(11)25-9-16(24)26-8-15(23)22-12-3-1-2-4-14(12)27-17(20)21/h1-7,17H,8-9H2,(H,22,23). The Kier molecular flexibility index (Phi) is 7.47. The average molecular weight is 448 g/mol. The van der Waals surface area contributed by atoms with Gasteiger partial charge in [-0.25, -0.2) is 9.18 Å². The van der Waals surface area contributed by atoms with E-state index in [2.05, 4.69) is 26.0 Å². The fourth-order valence-electron chi connectivity index (χ4n) is 1.87. The number of carbonyl (C=O) groups is 2. The van der Waals surface area contributed by atoms with Crippen molar-refractivity contribution in [3.63, 3.8) is 0 Å². The highest BCUT2D eigenvalue weighted by Crippen LogP contribution is 2.26. The van der Waals surface area contributed by atoms with Gasteiger partial charge in [0.1, 0.15) is 17.3 Å². The molecule has 0 aromatic heterocycles. The first-order chi connectivity index (χ1) is 12.8. The van der Waals surface area contributed by atoms with E-state index >= 15 is 0 Å². The molecule has 6 nitrogen and oxygen atoms in total. The fourth-order valence-corrected chi connectivity index (χ4v) is 2.34. The summed E-state index contributed by atoms with van der Waals surface area (Å²) in [6.07, 6.45) is 0. The van der Waals surface area contributed by atoms with Crippen molar-refractivity contribution in [2.45, 2.75) is 6.61 Å². The zero-order chi connectivity index (χ0) is 19.8. The fraction of sp³-hybridized carbons (Fsp3) is 0.176. The van der Waals surface area contributed by atoms with Crippen LogP contribution in [-0.4, -0.2) is 31.7 Å². The van der Waals surface area contributed by atoms with Crippen LogP contribution in [0.25, 0.3) is 0 Å². The van der Waals surface area contributed by atoms with Crippen molar-refractivity contribution in [2.24, 2.45) is 0 Å². The van der Waals surface area contributed by atoms with Crippen LogP contribution in [0.5, 0.6) is 11.5 Å². The number of para-hydroxylation sites is 2. The lowest BCUT2D eigenvalue weighted by Gasteiger charge is -2.12. The molecule has 0 aliphatic rings. The molecule has 0 aliphatic carbocycles. The third kappa shape index (κ3) is 6.81. The number of halogens is 4. The molecule has 0 atom stereocenters. The Bertz CT molecular complexity index is 819. The summed E-state index contributed by atoms with van der Waals surface area (Å²) in [7, 11) is 0. The first-order valence-electron chi connectivity index (χ1n) is 7.42. The number of ether oxygens (including phenoxy) is 3. The molecule has 2 aromatic carbocycles. The lowest BCUT2D eigenvalue weighted by molar-refractivity contribution is -0.149. The van der Waals surface area contributed by atoms with Crippen molar-refractivity contribution >= 4 is 33.5 Å². The summed E-state index contributed by atoms with van der Waals surface area (Å²) in [5, 5.41) is 2.30. The highest BCUT2D eigenvalue weighted by Gasteiger charge is 2.14. The Morgan fingerprint density at radius 3 is 2.52 bits per heavy atom. The van der Waals surface area contributed by atoms with E-state index in [0.29, 0.717) is 4.47 Å². The number of amides is 1. The van der Waals surface area contributed by atoms with Crippen LogP contribution in [0.2, 0.25) is 0 Å². The van der Waals surface area contributed by atoms with Crippen LogP contribution in [0.15, 0.2) is 46.9 Å². The zero-order valence-corrected chi connectivity index (χ0v) is 15.2. The van der Waals surface area contributed by atoms with Crippen LogP contribution in [0.3, 0.4) is 0 Å². The molecule has 0 spiro atoms. The molecule has 27 heavy (non-hydrogen) atoms. The number of benzene rings is 2. The maximum Gasteiger partial charge on any atom is 0.387 e. The van der Waals surface area contributed by atoms with Gasteiger partial charge in [-0.2, -0.15) is 8.78 Å². The molecule has 0 bridgehead atoms. The van der Waals surface area contributed by atoms with Gasteiger partial charge in [0.15, 0.2) is 13.2 Å². The second-order valence-electron chi connectivity index (χ2n) is 4.95. The van der Waals surface area contributed by atoms with Crippen molar-refractivity contribution < 1.29 is 37.0 Å². The van der Waals surface area contributed by atoms with Gasteiger partial charge in [0.25, 0.3) is 5.91 Å². The largest absolute Gasteiger partial charge is 0.481 e. The molecular formula is C17H13BrF3NO5. The quantitative estimate of drug-likeness (QED) is 0.623. The van der Waals surface area contributed by atoms with Gasteiger partial charge in [-0.05, 0) is 46.3 Å². The maximum absolute atomic E-state index is 13.0. The van der Waals surface area contributed by atoms with Crippen LogP contribution in [0.1, 0.15) is 0 Å². The number of nitrogens with one attached hydrogen (secondary N) is 1. The third-order valence-corrected chi connectivity index (χ3v) is 3.60. The Morgan fingerprint density at radius 2 is 1.81 bits per heavy atom. The highest BCUT2D eigenvalue weighted by atomic mass is 79.9. The second kappa shape index (κ2) is 9.81. The van der Waals surface area contributed by atoms with E-state index < -0.39 is 37.5 Å². The molecule has 1 N–H and O–H groups in total. The molecule has 0 aliphatic heterocycles. The Hall–Kier alpha value is -2.75. The summed E-state index contributed by atoms with van der Waals surface area (Å²) in [4.78, 5) is 23.4. The first-order valence-corrected chi connectivity index (χ1v) is 8.21. The van der Waals surface area contributed by atoms with Gasteiger partial charge in [0.05, 0.1) is 10.2 Å². The number of anilines is 1. The van der Waals surface area contributed by atoms with Gasteiger partial charge in [0.2, 0.25) is 0 Å². The van der Waals surface area contributed by atoms with Crippen LogP contribution >= 0.6 is 15.9 Å². The second-order valence-corrected chi connectivity index (χ2v) is 5.80. The number of esters is 1. The summed E-state index contributed by atoms with van der Waals surface area (Å²) >= 11 is 3.07. The van der Waals surface area contributed by atoms with Gasteiger partial charge in [-0.15, -0.1) is 0 Å². The van der Waals surface area contributed by atoms with Crippen molar-refractivity contribution in [2.75, 3.05) is 18.5 Å². The van der Waals surface area contributed by atoms with Crippen LogP contribution in [-0.2, 0) is 14.3 Å². The molecule has 2 aromatic rings. The molecule has 0 fully saturated rings. The first kappa shape index (κ1) is 20.6. The molecule has 0 saturated carbocycles. The monoisotopic (exact) mass is 447 g/mol. The number of alkyl halides is 2. The summed E-state index contributed by atoms with van der Waals surface area (Å²) in [5.41, 5.74) is 0.00495. The smallest absolute Gasteiger partial charge is 0.387 e. The zero-order valence-electron chi connectivity index (χ0n) is 13.6. The van der Waals surface area contributed by atoms with Crippen LogP contribution in [0.4, 0.5) is 18.9 Å². The van der Waals surface area contributed by atoms with E-state index in [1.54, 1.807) is 0 Å². The van der Waals surface area contributed by atoms with Gasteiger partial charge >= 0.3 is 12.6 Å². The average Bonchev–Trinajstić information content (AvgIpc) is 2.60. The summed E-state index contributed by atoms with van der Waals surface area (Å²) in [6, 6.07) is 9.20. The minimum Gasteiger partial charge on any atom is -0.481 e. The van der Waals surface area contributed by atoms with Gasteiger partial charge in [-0.1, -0.05) is 12.1 Å². The normalized spacial score (nSPS) is 10.4. The molecule has 0 saturated heterocycles. The van der Waals surface area contributed by atoms with E-state index in [1.807, 2.05) is 0 Å². The maximum atomic E-state index is 13.0. The molecule has 0 heterocycles. The molecule has 10 heteroatoms. The summed E-state index contributed by atoms with van der Waals surface area (Å²) in [6.45, 7) is -4.22. The molecule has 2 rings (SSSR count). The number of carbonyl (C=O) groups excluding carboxylic acids is 2. The molecular weight excluding hydrogens is 435 g/mol. The summed E-state index contributed by atoms with van der Waals surface area (Å²) < 4.78 is 52.1. The van der Waals surface area contributed by atoms with Crippen molar-refractivity contribution in [3.8, 4) is 11.5 Å². The predicted molar refractivity (Wildman–Crippen MR) is 92.3 cm³/mol.